The van der Waals surface area contributed by atoms with Gasteiger partial charge in [0.05, 0.1) is 16.9 Å². The first-order chi connectivity index (χ1) is 14.2. The molecule has 4 aromatic rings. The molecular weight excluding hydrogens is 365 g/mol. The van der Waals surface area contributed by atoms with Crippen LogP contribution in [0.1, 0.15) is 17.2 Å². The highest BCUT2D eigenvalue weighted by Gasteiger charge is 2.32. The molecule has 1 aliphatic rings. The quantitative estimate of drug-likeness (QED) is 0.577. The van der Waals surface area contributed by atoms with Crippen LogP contribution in [0.15, 0.2) is 67.0 Å². The minimum atomic E-state index is -0.293. The fourth-order valence-corrected chi connectivity index (χ4v) is 3.82. The fraction of sp³-hybridized carbons (Fsp3) is 0.174. The van der Waals surface area contributed by atoms with Gasteiger partial charge in [-0.05, 0) is 36.4 Å². The monoisotopic (exact) mass is 385 g/mol. The molecule has 0 atom stereocenters. The van der Waals surface area contributed by atoms with Crippen LogP contribution in [0.4, 0.5) is 10.2 Å². The lowest BCUT2D eigenvalue weighted by Gasteiger charge is -2.40. The van der Waals surface area contributed by atoms with Crippen molar-refractivity contribution in [1.82, 2.24) is 15.0 Å². The summed E-state index contributed by atoms with van der Waals surface area (Å²) in [5.41, 5.74) is 9.71. The van der Waals surface area contributed by atoms with E-state index in [9.17, 15) is 4.39 Å². The molecule has 2 aromatic carbocycles. The Morgan fingerprint density at radius 1 is 1.00 bits per heavy atom. The SMILES string of the molecule is NCc1cc(-c2nccnc2C2CN(c3ccc4ccccc4n3)C2)ccc1F. The molecule has 144 valence electrons. The summed E-state index contributed by atoms with van der Waals surface area (Å²) in [6.45, 7) is 1.80. The third-order valence-corrected chi connectivity index (χ3v) is 5.44. The molecule has 0 unspecified atom stereocenters. The highest BCUT2D eigenvalue weighted by molar-refractivity contribution is 5.80. The van der Waals surface area contributed by atoms with Crippen LogP contribution >= 0.6 is 0 Å². The van der Waals surface area contributed by atoms with Crippen molar-refractivity contribution in [3.63, 3.8) is 0 Å². The van der Waals surface area contributed by atoms with Crippen molar-refractivity contribution in [3.05, 3.63) is 84.1 Å². The minimum absolute atomic E-state index is 0.153. The molecule has 1 fully saturated rings. The molecule has 0 spiro atoms. The largest absolute Gasteiger partial charge is 0.355 e. The molecular formula is C23H20FN5. The number of benzene rings is 2. The molecule has 3 heterocycles. The predicted octanol–water partition coefficient (Wildman–Crippen LogP) is 3.89. The van der Waals surface area contributed by atoms with Gasteiger partial charge in [-0.25, -0.2) is 9.37 Å². The Kier molecular flexibility index (Phi) is 4.41. The van der Waals surface area contributed by atoms with Crippen LogP contribution in [0.25, 0.3) is 22.2 Å². The average molecular weight is 385 g/mol. The van der Waals surface area contributed by atoms with Crippen molar-refractivity contribution in [2.45, 2.75) is 12.5 Å². The molecule has 1 aliphatic heterocycles. The third kappa shape index (κ3) is 3.21. The summed E-state index contributed by atoms with van der Waals surface area (Å²) < 4.78 is 13.8. The zero-order chi connectivity index (χ0) is 19.8. The van der Waals surface area contributed by atoms with Crippen molar-refractivity contribution in [3.8, 4) is 11.3 Å². The number of nitrogens with zero attached hydrogens (tertiary/aromatic N) is 4. The Balaban J connectivity index is 1.41. The normalized spacial score (nSPS) is 14.2. The van der Waals surface area contributed by atoms with E-state index in [1.807, 2.05) is 18.2 Å². The van der Waals surface area contributed by atoms with Crippen molar-refractivity contribution in [2.24, 2.45) is 5.73 Å². The summed E-state index contributed by atoms with van der Waals surface area (Å²) in [6, 6.07) is 17.2. The van der Waals surface area contributed by atoms with Crippen molar-refractivity contribution >= 4 is 16.7 Å². The summed E-state index contributed by atoms with van der Waals surface area (Å²) in [5.74, 6) is 0.926. The van der Waals surface area contributed by atoms with Crippen LogP contribution in [-0.2, 0) is 6.54 Å². The van der Waals surface area contributed by atoms with E-state index < -0.39 is 0 Å². The summed E-state index contributed by atoms with van der Waals surface area (Å²) in [4.78, 5) is 16.1. The number of aromatic nitrogens is 3. The van der Waals surface area contributed by atoms with E-state index in [0.717, 1.165) is 46.8 Å². The summed E-state index contributed by atoms with van der Waals surface area (Å²) in [6.07, 6.45) is 3.38. The second kappa shape index (κ2) is 7.22. The van der Waals surface area contributed by atoms with E-state index in [0.29, 0.717) is 5.56 Å². The first-order valence-electron chi connectivity index (χ1n) is 9.63. The van der Waals surface area contributed by atoms with Crippen LogP contribution in [0.3, 0.4) is 0 Å². The second-order valence-electron chi connectivity index (χ2n) is 7.26. The van der Waals surface area contributed by atoms with E-state index in [1.54, 1.807) is 24.5 Å². The van der Waals surface area contributed by atoms with Gasteiger partial charge in [0, 0.05) is 54.5 Å². The highest BCUT2D eigenvalue weighted by atomic mass is 19.1. The van der Waals surface area contributed by atoms with Crippen LogP contribution < -0.4 is 10.6 Å². The molecule has 5 rings (SSSR count). The molecule has 0 bridgehead atoms. The predicted molar refractivity (Wildman–Crippen MR) is 112 cm³/mol. The van der Waals surface area contributed by atoms with Gasteiger partial charge in [-0.15, -0.1) is 0 Å². The van der Waals surface area contributed by atoms with Crippen LogP contribution in [0, 0.1) is 5.82 Å². The molecule has 29 heavy (non-hydrogen) atoms. The Bertz CT molecular complexity index is 1190. The van der Waals surface area contributed by atoms with Crippen molar-refractivity contribution in [1.29, 1.82) is 0 Å². The number of fused-ring (bicyclic) bond motifs is 1. The third-order valence-electron chi connectivity index (χ3n) is 5.44. The van der Waals surface area contributed by atoms with Gasteiger partial charge in [-0.1, -0.05) is 18.2 Å². The number of hydrogen-bond acceptors (Lipinski definition) is 5. The van der Waals surface area contributed by atoms with Crippen LogP contribution in [0.2, 0.25) is 0 Å². The van der Waals surface area contributed by atoms with Gasteiger partial charge in [-0.3, -0.25) is 9.97 Å². The van der Waals surface area contributed by atoms with E-state index in [-0.39, 0.29) is 18.3 Å². The molecule has 0 amide bonds. The van der Waals surface area contributed by atoms with Gasteiger partial charge >= 0.3 is 0 Å². The van der Waals surface area contributed by atoms with E-state index >= 15 is 0 Å². The average Bonchev–Trinajstić information content (AvgIpc) is 2.73. The van der Waals surface area contributed by atoms with E-state index in [4.69, 9.17) is 10.7 Å². The second-order valence-corrected chi connectivity index (χ2v) is 7.26. The lowest BCUT2D eigenvalue weighted by atomic mass is 9.92. The molecule has 1 saturated heterocycles. The number of halogens is 1. The number of hydrogen-bond donors (Lipinski definition) is 1. The summed E-state index contributed by atoms with van der Waals surface area (Å²) in [7, 11) is 0. The van der Waals surface area contributed by atoms with Crippen molar-refractivity contribution < 1.29 is 4.39 Å². The Hall–Kier alpha value is -3.38. The maximum Gasteiger partial charge on any atom is 0.129 e. The van der Waals surface area contributed by atoms with E-state index in [1.165, 1.54) is 6.07 Å². The lowest BCUT2D eigenvalue weighted by Crippen LogP contribution is -2.46. The molecule has 0 radical (unpaired) electrons. The van der Waals surface area contributed by atoms with Crippen molar-refractivity contribution in [2.75, 3.05) is 18.0 Å². The first kappa shape index (κ1) is 17.7. The zero-order valence-electron chi connectivity index (χ0n) is 15.8. The van der Waals surface area contributed by atoms with Crippen LogP contribution in [-0.4, -0.2) is 28.0 Å². The smallest absolute Gasteiger partial charge is 0.129 e. The number of para-hydroxylation sites is 1. The first-order valence-corrected chi connectivity index (χ1v) is 9.63. The Labute approximate surface area is 168 Å². The fourth-order valence-electron chi connectivity index (χ4n) is 3.82. The molecule has 2 aromatic heterocycles. The van der Waals surface area contributed by atoms with Crippen LogP contribution in [0.5, 0.6) is 0 Å². The maximum atomic E-state index is 13.8. The number of nitrogens with two attached hydrogens (primary N) is 1. The highest BCUT2D eigenvalue weighted by Crippen LogP contribution is 2.35. The Morgan fingerprint density at radius 3 is 2.69 bits per heavy atom. The number of anilines is 1. The molecule has 2 N–H and O–H groups in total. The standard InChI is InChI=1S/C23H20FN5/c24-19-7-5-16(11-17(19)12-25)22-23(27-10-9-26-22)18-13-29(14-18)21-8-6-15-3-1-2-4-20(15)28-21/h1-11,18H,12-14,25H2. The minimum Gasteiger partial charge on any atom is -0.355 e. The number of pyridine rings is 1. The molecule has 6 heteroatoms. The van der Waals surface area contributed by atoms with Gasteiger partial charge in [0.1, 0.15) is 11.6 Å². The topological polar surface area (TPSA) is 67.9 Å². The van der Waals surface area contributed by atoms with Gasteiger partial charge in [0.2, 0.25) is 0 Å². The van der Waals surface area contributed by atoms with Gasteiger partial charge < -0.3 is 10.6 Å². The van der Waals surface area contributed by atoms with Gasteiger partial charge in [0.25, 0.3) is 0 Å². The van der Waals surface area contributed by atoms with Gasteiger partial charge in [-0.2, -0.15) is 0 Å². The van der Waals surface area contributed by atoms with E-state index in [2.05, 4.69) is 33.1 Å². The molecule has 0 aliphatic carbocycles. The number of rotatable bonds is 4. The summed E-state index contributed by atoms with van der Waals surface area (Å²) in [5, 5.41) is 1.14. The van der Waals surface area contributed by atoms with Gasteiger partial charge in [0.15, 0.2) is 0 Å². The Morgan fingerprint density at radius 2 is 1.83 bits per heavy atom. The molecule has 0 saturated carbocycles. The lowest BCUT2D eigenvalue weighted by molar-refractivity contribution is 0.509. The summed E-state index contributed by atoms with van der Waals surface area (Å²) >= 11 is 0. The zero-order valence-corrected chi connectivity index (χ0v) is 15.8. The molecule has 5 nitrogen and oxygen atoms in total. The maximum absolute atomic E-state index is 13.8.